The maximum absolute atomic E-state index is 12.6. The van der Waals surface area contributed by atoms with Gasteiger partial charge in [-0.05, 0) is 0 Å². The van der Waals surface area contributed by atoms with Gasteiger partial charge < -0.3 is 50.9 Å². The van der Waals surface area contributed by atoms with Crippen molar-refractivity contribution in [1.29, 1.82) is 0 Å². The molecule has 12 nitrogen and oxygen atoms in total. The Morgan fingerprint density at radius 2 is 1.29 bits per heavy atom. The van der Waals surface area contributed by atoms with E-state index in [9.17, 15) is 72.0 Å². The summed E-state index contributed by atoms with van der Waals surface area (Å²) in [5.74, 6) is -13.1. The minimum Gasteiger partial charge on any atom is -0.507 e. The Morgan fingerprint density at radius 3 is 1.76 bits per heavy atom. The van der Waals surface area contributed by atoms with Crippen LogP contribution in [0.4, 0.5) is 37.7 Å². The van der Waals surface area contributed by atoms with Crippen molar-refractivity contribution >= 4 is 23.7 Å². The van der Waals surface area contributed by atoms with E-state index in [0.717, 1.165) is 0 Å². The maximum Gasteiger partial charge on any atom is 0.573 e. The van der Waals surface area contributed by atoms with Crippen LogP contribution in [0.2, 0.25) is 0 Å². The number of halogens is 6. The molecule has 1 amide bonds. The summed E-state index contributed by atoms with van der Waals surface area (Å²) in [5, 5.41) is 83.1. The number of aliphatic imine (C=N–C) groups is 1. The number of nitrogens with zero attached hydrogens (tertiary/aromatic N) is 1. The van der Waals surface area contributed by atoms with Crippen LogP contribution in [0.1, 0.15) is 23.0 Å². The van der Waals surface area contributed by atoms with E-state index in [0.29, 0.717) is 12.1 Å². The smallest absolute Gasteiger partial charge is 0.507 e. The first-order chi connectivity index (χ1) is 17.4. The highest BCUT2D eigenvalue weighted by Crippen LogP contribution is 2.59. The maximum atomic E-state index is 12.6. The van der Waals surface area contributed by atoms with Gasteiger partial charge in [0.05, 0.1) is 12.2 Å². The number of hydrogen-bond acceptors (Lipinski definition) is 11. The molecule has 1 saturated carbocycles. The summed E-state index contributed by atoms with van der Waals surface area (Å²) >= 11 is 0. The summed E-state index contributed by atoms with van der Waals surface area (Å²) < 4.78 is 77.6. The molecule has 0 aromatic heterocycles. The molecular formula is C20H16F6N2O10. The zero-order valence-electron chi connectivity index (χ0n) is 18.2. The van der Waals surface area contributed by atoms with Gasteiger partial charge in [-0.3, -0.25) is 4.79 Å². The van der Waals surface area contributed by atoms with Crippen LogP contribution in [0.5, 0.6) is 34.5 Å². The van der Waals surface area contributed by atoms with Crippen LogP contribution in [0.15, 0.2) is 17.1 Å². The van der Waals surface area contributed by atoms with Crippen molar-refractivity contribution in [1.82, 2.24) is 0 Å². The zero-order chi connectivity index (χ0) is 28.9. The molecule has 0 radical (unpaired) electrons. The third kappa shape index (κ3) is 5.07. The molecule has 2 atom stereocenters. The van der Waals surface area contributed by atoms with Gasteiger partial charge in [0.2, 0.25) is 0 Å². The second-order valence-electron chi connectivity index (χ2n) is 7.86. The monoisotopic (exact) mass is 558 g/mol. The number of aromatic hydroxyl groups is 6. The van der Waals surface area contributed by atoms with E-state index in [1.54, 1.807) is 0 Å². The quantitative estimate of drug-likeness (QED) is 0.0858. The molecule has 1 aliphatic rings. The number of phenols is 6. The molecule has 0 heterocycles. The number of carbonyl (C=O) groups excluding carboxylic acids is 1. The lowest BCUT2D eigenvalue weighted by atomic mass is 9.62. The van der Waals surface area contributed by atoms with Crippen molar-refractivity contribution in [2.75, 3.05) is 5.32 Å². The van der Waals surface area contributed by atoms with E-state index in [1.165, 1.54) is 5.32 Å². The summed E-state index contributed by atoms with van der Waals surface area (Å²) in [6.07, 6.45) is -14.8. The normalized spacial score (nSPS) is 21.8. The van der Waals surface area contributed by atoms with E-state index < -0.39 is 99.5 Å². The molecule has 0 bridgehead atoms. The third-order valence-corrected chi connectivity index (χ3v) is 5.57. The van der Waals surface area contributed by atoms with Crippen LogP contribution in [0, 0.1) is 0 Å². The number of aliphatic hydroxyl groups is 2. The highest BCUT2D eigenvalue weighted by Gasteiger charge is 2.55. The van der Waals surface area contributed by atoms with Gasteiger partial charge in [0.25, 0.3) is 0 Å². The fourth-order valence-corrected chi connectivity index (χ4v) is 3.92. The predicted molar refractivity (Wildman–Crippen MR) is 110 cm³/mol. The first kappa shape index (κ1) is 28.3. The van der Waals surface area contributed by atoms with Crippen molar-refractivity contribution in [3.05, 3.63) is 23.3 Å². The van der Waals surface area contributed by atoms with Crippen LogP contribution >= 0.6 is 0 Å². The number of phenolic OH excluding ortho intramolecular Hbond substituents is 6. The number of alkyl halides is 6. The van der Waals surface area contributed by atoms with Gasteiger partial charge in [-0.1, -0.05) is 0 Å². The Kier molecular flexibility index (Phi) is 7.08. The van der Waals surface area contributed by atoms with E-state index in [4.69, 9.17) is 0 Å². The summed E-state index contributed by atoms with van der Waals surface area (Å²) in [6.45, 7) is 0. The molecule has 2 aromatic carbocycles. The molecule has 0 saturated heterocycles. The van der Waals surface area contributed by atoms with Gasteiger partial charge in [-0.15, -0.1) is 13.2 Å². The molecular weight excluding hydrogens is 542 g/mol. The lowest BCUT2D eigenvalue weighted by Gasteiger charge is -2.47. The molecule has 1 fully saturated rings. The second kappa shape index (κ2) is 9.53. The van der Waals surface area contributed by atoms with Crippen LogP contribution < -0.4 is 5.32 Å². The van der Waals surface area contributed by atoms with Gasteiger partial charge in [0, 0.05) is 35.1 Å². The molecule has 3 rings (SSSR count). The number of rotatable bonds is 5. The minimum absolute atomic E-state index is 0.213. The van der Waals surface area contributed by atoms with Gasteiger partial charge in [-0.25, -0.2) is 4.99 Å². The van der Waals surface area contributed by atoms with Crippen molar-refractivity contribution in [3.63, 3.8) is 0 Å². The van der Waals surface area contributed by atoms with Crippen molar-refractivity contribution < 1.29 is 76.7 Å². The standard InChI is InChI=1S/C20H16F6N2O10/c21-19(22,23)18(37)28-13-7(32)2-5(30)9(17(13)36)11-14(33)10(15(11)34)8-4(29)1-6(31)12(16(8)35)27-3-38-20(24,25)26/h1-3,10-11,14-15,29-36H,(H,28,37). The molecule has 208 valence electrons. The van der Waals surface area contributed by atoms with Crippen LogP contribution in [-0.2, 0) is 9.53 Å². The Balaban J connectivity index is 2.01. The fraction of sp³-hybridized carbons (Fsp3) is 0.300. The number of ether oxygens (including phenoxy) is 1. The Hall–Kier alpha value is -4.32. The van der Waals surface area contributed by atoms with Gasteiger partial charge >= 0.3 is 18.4 Å². The molecule has 2 unspecified atom stereocenters. The zero-order valence-corrected chi connectivity index (χ0v) is 18.2. The molecule has 2 aromatic rings. The minimum atomic E-state index is -5.46. The highest BCUT2D eigenvalue weighted by atomic mass is 19.4. The first-order valence-corrected chi connectivity index (χ1v) is 9.93. The van der Waals surface area contributed by atoms with Gasteiger partial charge in [0.15, 0.2) is 17.8 Å². The van der Waals surface area contributed by atoms with Crippen molar-refractivity contribution in [2.24, 2.45) is 4.99 Å². The van der Waals surface area contributed by atoms with Crippen LogP contribution in [0.3, 0.4) is 0 Å². The SMILES string of the molecule is O=C(Nc1c(O)cc(O)c(C2C(O)C(c3c(O)cc(O)c(N=COC(F)(F)F)c3O)C2O)c1O)C(F)(F)F. The second-order valence-corrected chi connectivity index (χ2v) is 7.86. The average Bonchev–Trinajstić information content (AvgIpc) is 2.77. The Morgan fingerprint density at radius 1 is 0.816 bits per heavy atom. The Labute approximate surface area is 205 Å². The van der Waals surface area contributed by atoms with E-state index in [-0.39, 0.29) is 6.40 Å². The lowest BCUT2D eigenvalue weighted by molar-refractivity contribution is -0.280. The van der Waals surface area contributed by atoms with Crippen molar-refractivity contribution in [2.45, 2.75) is 36.6 Å². The molecule has 0 aliphatic heterocycles. The summed E-state index contributed by atoms with van der Waals surface area (Å²) in [7, 11) is 0. The fourth-order valence-electron chi connectivity index (χ4n) is 3.92. The van der Waals surface area contributed by atoms with E-state index in [2.05, 4.69) is 9.73 Å². The predicted octanol–water partition coefficient (Wildman–Crippen LogP) is 2.22. The molecule has 1 aliphatic carbocycles. The van der Waals surface area contributed by atoms with Gasteiger partial charge in [-0.2, -0.15) is 13.2 Å². The molecule has 38 heavy (non-hydrogen) atoms. The lowest BCUT2D eigenvalue weighted by Crippen LogP contribution is -2.51. The van der Waals surface area contributed by atoms with E-state index in [1.807, 2.05) is 0 Å². The van der Waals surface area contributed by atoms with Crippen molar-refractivity contribution in [3.8, 4) is 34.5 Å². The average molecular weight is 558 g/mol. The topological polar surface area (TPSA) is 213 Å². The number of anilines is 1. The number of aliphatic hydroxyl groups excluding tert-OH is 2. The number of amides is 1. The first-order valence-electron chi connectivity index (χ1n) is 9.93. The number of nitrogens with one attached hydrogen (secondary N) is 1. The molecule has 18 heteroatoms. The summed E-state index contributed by atoms with van der Waals surface area (Å²) in [5.41, 5.74) is -3.84. The van der Waals surface area contributed by atoms with E-state index >= 15 is 0 Å². The number of benzene rings is 2. The van der Waals surface area contributed by atoms with Crippen LogP contribution in [-0.4, -0.2) is 77.9 Å². The summed E-state index contributed by atoms with van der Waals surface area (Å²) in [4.78, 5) is 14.3. The van der Waals surface area contributed by atoms with Gasteiger partial charge in [0.1, 0.15) is 34.4 Å². The highest BCUT2D eigenvalue weighted by molar-refractivity contribution is 5.98. The summed E-state index contributed by atoms with van der Waals surface area (Å²) in [6, 6.07) is 0.874. The molecule has 0 spiro atoms. The molecule has 9 N–H and O–H groups in total. The number of hydrogen-bond donors (Lipinski definition) is 9. The Bertz CT molecular complexity index is 1290. The largest absolute Gasteiger partial charge is 0.573 e. The number of carbonyl (C=O) groups is 1. The van der Waals surface area contributed by atoms with Crippen LogP contribution in [0.25, 0.3) is 0 Å². The third-order valence-electron chi connectivity index (χ3n) is 5.57.